The first kappa shape index (κ1) is 13.9. The van der Waals surface area contributed by atoms with Crippen molar-refractivity contribution in [2.45, 2.75) is 19.9 Å². The van der Waals surface area contributed by atoms with Gasteiger partial charge in [-0.15, -0.1) is 0 Å². The van der Waals surface area contributed by atoms with E-state index in [2.05, 4.69) is 10.6 Å². The van der Waals surface area contributed by atoms with Crippen LogP contribution < -0.4 is 21.1 Å². The average Bonchev–Trinajstić information content (AvgIpc) is 2.38. The van der Waals surface area contributed by atoms with E-state index in [4.69, 9.17) is 10.5 Å². The van der Waals surface area contributed by atoms with E-state index >= 15 is 0 Å². The average molecular weight is 275 g/mol. The molecule has 1 atom stereocenters. The standard InChI is InChI=1S/C14H17N3O3/c1-3-20-10-7-5-4-6-9(10)12-11(13(15)18)8(2)16-14(19)17-12/h4-7,12H,3H2,1-2H3,(H2,15,18)(H2,16,17,19)/t12-/m1/s1. The second kappa shape index (κ2) is 5.64. The first-order valence-electron chi connectivity index (χ1n) is 6.34. The molecule has 0 unspecified atom stereocenters. The predicted octanol–water partition coefficient (Wildman–Crippen LogP) is 1.20. The van der Waals surface area contributed by atoms with Crippen molar-refractivity contribution in [3.63, 3.8) is 0 Å². The summed E-state index contributed by atoms with van der Waals surface area (Å²) in [6.07, 6.45) is 0. The second-order valence-corrected chi connectivity index (χ2v) is 4.41. The maximum atomic E-state index is 11.7. The number of urea groups is 1. The normalized spacial score (nSPS) is 18.3. The first-order chi connectivity index (χ1) is 9.54. The van der Waals surface area contributed by atoms with E-state index in [1.54, 1.807) is 19.1 Å². The molecule has 0 saturated carbocycles. The molecule has 0 fully saturated rings. The molecule has 0 aromatic heterocycles. The molecule has 2 rings (SSSR count). The lowest BCUT2D eigenvalue weighted by atomic mass is 9.94. The number of ether oxygens (including phenoxy) is 1. The summed E-state index contributed by atoms with van der Waals surface area (Å²) >= 11 is 0. The Balaban J connectivity index is 2.51. The van der Waals surface area contributed by atoms with Crippen LogP contribution in [0, 0.1) is 0 Å². The van der Waals surface area contributed by atoms with Crippen molar-refractivity contribution in [1.29, 1.82) is 0 Å². The van der Waals surface area contributed by atoms with Crippen LogP contribution in [0.15, 0.2) is 35.5 Å². The van der Waals surface area contributed by atoms with Gasteiger partial charge >= 0.3 is 6.03 Å². The Morgan fingerprint density at radius 3 is 2.75 bits per heavy atom. The summed E-state index contributed by atoms with van der Waals surface area (Å²) in [6, 6.07) is 6.27. The molecule has 1 heterocycles. The number of rotatable bonds is 4. The molecule has 1 aliphatic heterocycles. The molecule has 20 heavy (non-hydrogen) atoms. The summed E-state index contributed by atoms with van der Waals surface area (Å²) in [7, 11) is 0. The number of benzene rings is 1. The summed E-state index contributed by atoms with van der Waals surface area (Å²) in [4.78, 5) is 23.3. The summed E-state index contributed by atoms with van der Waals surface area (Å²) in [6.45, 7) is 4.01. The third-order valence-electron chi connectivity index (χ3n) is 3.06. The summed E-state index contributed by atoms with van der Waals surface area (Å²) in [5, 5.41) is 5.25. The molecule has 4 N–H and O–H groups in total. The Kier molecular flexibility index (Phi) is 3.93. The molecule has 0 aliphatic carbocycles. The lowest BCUT2D eigenvalue weighted by Gasteiger charge is -2.28. The van der Waals surface area contributed by atoms with Crippen molar-refractivity contribution in [2.24, 2.45) is 5.73 Å². The second-order valence-electron chi connectivity index (χ2n) is 4.41. The number of primary amides is 1. The number of nitrogens with one attached hydrogen (secondary N) is 2. The number of allylic oxidation sites excluding steroid dienone is 1. The number of para-hydroxylation sites is 1. The molecule has 0 radical (unpaired) electrons. The molecule has 0 spiro atoms. The van der Waals surface area contributed by atoms with E-state index in [0.29, 0.717) is 29.2 Å². The highest BCUT2D eigenvalue weighted by atomic mass is 16.5. The topological polar surface area (TPSA) is 93.4 Å². The highest BCUT2D eigenvalue weighted by Gasteiger charge is 2.31. The fraction of sp³-hybridized carbons (Fsp3) is 0.286. The van der Waals surface area contributed by atoms with E-state index < -0.39 is 11.9 Å². The Hall–Kier alpha value is -2.50. The fourth-order valence-electron chi connectivity index (χ4n) is 2.26. The monoisotopic (exact) mass is 275 g/mol. The zero-order chi connectivity index (χ0) is 14.7. The van der Waals surface area contributed by atoms with Gasteiger partial charge in [0.25, 0.3) is 0 Å². The Morgan fingerprint density at radius 1 is 1.40 bits per heavy atom. The van der Waals surface area contributed by atoms with Crippen LogP contribution in [0.1, 0.15) is 25.5 Å². The molecule has 1 aromatic carbocycles. The van der Waals surface area contributed by atoms with E-state index in [9.17, 15) is 9.59 Å². The van der Waals surface area contributed by atoms with Gasteiger partial charge < -0.3 is 21.1 Å². The number of carbonyl (C=O) groups excluding carboxylic acids is 2. The SMILES string of the molecule is CCOc1ccccc1[C@H]1NC(=O)NC(C)=C1C(N)=O. The van der Waals surface area contributed by atoms with Crippen LogP contribution in [0.4, 0.5) is 4.79 Å². The third kappa shape index (κ3) is 2.59. The molecule has 6 nitrogen and oxygen atoms in total. The van der Waals surface area contributed by atoms with Crippen LogP contribution >= 0.6 is 0 Å². The molecule has 0 bridgehead atoms. The van der Waals surface area contributed by atoms with Crippen molar-refractivity contribution in [1.82, 2.24) is 10.6 Å². The van der Waals surface area contributed by atoms with Crippen LogP contribution in [-0.4, -0.2) is 18.5 Å². The van der Waals surface area contributed by atoms with Gasteiger partial charge in [-0.2, -0.15) is 0 Å². The van der Waals surface area contributed by atoms with Gasteiger partial charge in [-0.25, -0.2) is 4.79 Å². The van der Waals surface area contributed by atoms with E-state index in [1.807, 2.05) is 19.1 Å². The van der Waals surface area contributed by atoms with Crippen molar-refractivity contribution in [3.05, 3.63) is 41.1 Å². The van der Waals surface area contributed by atoms with Crippen molar-refractivity contribution in [2.75, 3.05) is 6.61 Å². The quantitative estimate of drug-likeness (QED) is 0.770. The number of amides is 3. The van der Waals surface area contributed by atoms with Crippen LogP contribution in [0.5, 0.6) is 5.75 Å². The van der Waals surface area contributed by atoms with E-state index in [0.717, 1.165) is 0 Å². The minimum atomic E-state index is -0.607. The van der Waals surface area contributed by atoms with Gasteiger partial charge in [0.1, 0.15) is 5.75 Å². The highest BCUT2D eigenvalue weighted by molar-refractivity contribution is 5.97. The molecule has 106 valence electrons. The van der Waals surface area contributed by atoms with Crippen LogP contribution in [0.2, 0.25) is 0 Å². The van der Waals surface area contributed by atoms with Gasteiger partial charge in [0.15, 0.2) is 0 Å². The van der Waals surface area contributed by atoms with Crippen molar-refractivity contribution in [3.8, 4) is 5.75 Å². The van der Waals surface area contributed by atoms with Crippen LogP contribution in [-0.2, 0) is 4.79 Å². The minimum Gasteiger partial charge on any atom is -0.494 e. The maximum absolute atomic E-state index is 11.7. The van der Waals surface area contributed by atoms with Gasteiger partial charge in [0, 0.05) is 11.3 Å². The molecule has 0 saturated heterocycles. The number of hydrogen-bond acceptors (Lipinski definition) is 3. The highest BCUT2D eigenvalue weighted by Crippen LogP contribution is 2.32. The zero-order valence-corrected chi connectivity index (χ0v) is 11.4. The smallest absolute Gasteiger partial charge is 0.319 e. The van der Waals surface area contributed by atoms with Gasteiger partial charge in [0.05, 0.1) is 18.2 Å². The molecule has 1 aliphatic rings. The lowest BCUT2D eigenvalue weighted by Crippen LogP contribution is -2.46. The van der Waals surface area contributed by atoms with E-state index in [1.165, 1.54) is 0 Å². The number of hydrogen-bond donors (Lipinski definition) is 3. The fourth-order valence-corrected chi connectivity index (χ4v) is 2.26. The lowest BCUT2D eigenvalue weighted by molar-refractivity contribution is -0.115. The van der Waals surface area contributed by atoms with Gasteiger partial charge in [-0.3, -0.25) is 4.79 Å². The van der Waals surface area contributed by atoms with Gasteiger partial charge in [0.2, 0.25) is 5.91 Å². The molecule has 1 aromatic rings. The summed E-state index contributed by atoms with van der Waals surface area (Å²) < 4.78 is 5.54. The zero-order valence-electron chi connectivity index (χ0n) is 11.4. The van der Waals surface area contributed by atoms with E-state index in [-0.39, 0.29) is 6.03 Å². The largest absolute Gasteiger partial charge is 0.494 e. The van der Waals surface area contributed by atoms with Crippen molar-refractivity contribution < 1.29 is 14.3 Å². The predicted molar refractivity (Wildman–Crippen MR) is 73.9 cm³/mol. The van der Waals surface area contributed by atoms with Crippen molar-refractivity contribution >= 4 is 11.9 Å². The Labute approximate surface area is 117 Å². The summed E-state index contributed by atoms with van der Waals surface area (Å²) in [5.74, 6) is 0.0417. The van der Waals surface area contributed by atoms with Crippen LogP contribution in [0.25, 0.3) is 0 Å². The third-order valence-corrected chi connectivity index (χ3v) is 3.06. The molecule has 3 amide bonds. The van der Waals surface area contributed by atoms with Gasteiger partial charge in [-0.1, -0.05) is 18.2 Å². The first-order valence-corrected chi connectivity index (χ1v) is 6.34. The number of carbonyl (C=O) groups is 2. The molecular formula is C14H17N3O3. The molecule has 6 heteroatoms. The molecular weight excluding hydrogens is 258 g/mol. The number of nitrogens with two attached hydrogens (primary N) is 1. The maximum Gasteiger partial charge on any atom is 0.319 e. The summed E-state index contributed by atoms with van der Waals surface area (Å²) in [5.41, 5.74) is 6.92. The van der Waals surface area contributed by atoms with Crippen LogP contribution in [0.3, 0.4) is 0 Å². The Bertz CT molecular complexity index is 581. The van der Waals surface area contributed by atoms with Gasteiger partial charge in [-0.05, 0) is 19.9 Å². The minimum absolute atomic E-state index is 0.330. The Morgan fingerprint density at radius 2 is 2.10 bits per heavy atom.